The summed E-state index contributed by atoms with van der Waals surface area (Å²) in [5, 5.41) is 4.27. The number of aromatic nitrogens is 4. The number of rotatable bonds is 4. The number of ether oxygens (including phenoxy) is 1. The van der Waals surface area contributed by atoms with Gasteiger partial charge in [0.2, 0.25) is 0 Å². The first-order valence-electron chi connectivity index (χ1n) is 8.67. The van der Waals surface area contributed by atoms with Gasteiger partial charge in [0.25, 0.3) is 0 Å². The molecule has 0 saturated carbocycles. The quantitative estimate of drug-likeness (QED) is 0.845. The largest absolute Gasteiger partial charge is 0.378 e. The van der Waals surface area contributed by atoms with Crippen LogP contribution in [-0.2, 0) is 18.3 Å². The zero-order valence-electron chi connectivity index (χ0n) is 14.1. The van der Waals surface area contributed by atoms with Gasteiger partial charge in [0.1, 0.15) is 11.6 Å². The Morgan fingerprint density at radius 1 is 1.25 bits per heavy atom. The molecular formula is C17H24N6O. The first-order chi connectivity index (χ1) is 11.8. The molecule has 0 radical (unpaired) electrons. The van der Waals surface area contributed by atoms with Crippen LogP contribution in [0, 0.1) is 0 Å². The van der Waals surface area contributed by atoms with Gasteiger partial charge < -0.3 is 9.64 Å². The van der Waals surface area contributed by atoms with Gasteiger partial charge in [-0.15, -0.1) is 0 Å². The summed E-state index contributed by atoms with van der Waals surface area (Å²) in [5.41, 5.74) is 1.21. The monoisotopic (exact) mass is 328 g/mol. The third-order valence-corrected chi connectivity index (χ3v) is 4.77. The molecule has 2 aromatic rings. The van der Waals surface area contributed by atoms with E-state index in [9.17, 15) is 0 Å². The van der Waals surface area contributed by atoms with Gasteiger partial charge in [-0.25, -0.2) is 9.97 Å². The van der Waals surface area contributed by atoms with Crippen molar-refractivity contribution in [2.45, 2.75) is 25.4 Å². The lowest BCUT2D eigenvalue weighted by Crippen LogP contribution is -2.40. The molecule has 7 heteroatoms. The van der Waals surface area contributed by atoms with Crippen molar-refractivity contribution >= 4 is 5.82 Å². The van der Waals surface area contributed by atoms with Crippen LogP contribution < -0.4 is 4.90 Å². The molecule has 0 spiro atoms. The molecule has 2 fully saturated rings. The third kappa shape index (κ3) is 3.27. The molecule has 0 aromatic carbocycles. The molecular weight excluding hydrogens is 304 g/mol. The van der Waals surface area contributed by atoms with Crippen molar-refractivity contribution in [1.29, 1.82) is 0 Å². The molecule has 1 atom stereocenters. The van der Waals surface area contributed by atoms with Gasteiger partial charge in [0, 0.05) is 51.2 Å². The predicted molar refractivity (Wildman–Crippen MR) is 90.7 cm³/mol. The third-order valence-electron chi connectivity index (χ3n) is 4.77. The molecule has 2 saturated heterocycles. The minimum atomic E-state index is 0.0986. The van der Waals surface area contributed by atoms with E-state index in [1.54, 1.807) is 0 Å². The summed E-state index contributed by atoms with van der Waals surface area (Å²) < 4.78 is 7.56. The molecule has 0 unspecified atom stereocenters. The Morgan fingerprint density at radius 3 is 2.92 bits per heavy atom. The first kappa shape index (κ1) is 15.5. The molecule has 4 heterocycles. The maximum absolute atomic E-state index is 5.72. The fourth-order valence-corrected chi connectivity index (χ4v) is 3.50. The van der Waals surface area contributed by atoms with Crippen molar-refractivity contribution in [1.82, 2.24) is 24.6 Å². The maximum atomic E-state index is 5.72. The Balaban J connectivity index is 1.54. The van der Waals surface area contributed by atoms with Crippen LogP contribution in [0.1, 0.15) is 30.3 Å². The molecule has 0 aliphatic carbocycles. The zero-order valence-corrected chi connectivity index (χ0v) is 14.1. The topological polar surface area (TPSA) is 59.3 Å². The highest BCUT2D eigenvalue weighted by atomic mass is 16.5. The highest BCUT2D eigenvalue weighted by Gasteiger charge is 2.28. The summed E-state index contributed by atoms with van der Waals surface area (Å²) >= 11 is 0. The molecule has 0 amide bonds. The Morgan fingerprint density at radius 2 is 2.12 bits per heavy atom. The second-order valence-electron chi connectivity index (χ2n) is 6.55. The van der Waals surface area contributed by atoms with E-state index in [4.69, 9.17) is 9.72 Å². The van der Waals surface area contributed by atoms with Crippen molar-refractivity contribution < 1.29 is 4.74 Å². The summed E-state index contributed by atoms with van der Waals surface area (Å²) in [4.78, 5) is 14.1. The van der Waals surface area contributed by atoms with Gasteiger partial charge in [0.15, 0.2) is 0 Å². The van der Waals surface area contributed by atoms with Crippen LogP contribution >= 0.6 is 0 Å². The minimum Gasteiger partial charge on any atom is -0.378 e. The smallest absolute Gasteiger partial charge is 0.150 e. The standard InChI is InChI=1S/C17H24N6O/c1-21-11-14(10-19-21)12-23-8-9-24-13-15(23)17-18-5-4-16(20-17)22-6-2-3-7-22/h4-5,10-11,15H,2-3,6-9,12-13H2,1H3/t15-/m1/s1. The predicted octanol–water partition coefficient (Wildman–Crippen LogP) is 1.38. The number of hydrogen-bond donors (Lipinski definition) is 0. The maximum Gasteiger partial charge on any atom is 0.150 e. The Hall–Kier alpha value is -1.99. The average molecular weight is 328 g/mol. The SMILES string of the molecule is Cn1cc(CN2CCOC[C@@H]2c2nccc(N3CCCC3)n2)cn1. The number of morpholine rings is 1. The van der Waals surface area contributed by atoms with Crippen LogP contribution in [0.2, 0.25) is 0 Å². The lowest BCUT2D eigenvalue weighted by Gasteiger charge is -2.34. The fourth-order valence-electron chi connectivity index (χ4n) is 3.50. The van der Waals surface area contributed by atoms with E-state index in [2.05, 4.69) is 26.1 Å². The molecule has 2 aromatic heterocycles. The molecule has 4 rings (SSSR count). The van der Waals surface area contributed by atoms with Crippen molar-refractivity contribution in [2.75, 3.05) is 37.7 Å². The van der Waals surface area contributed by atoms with Crippen molar-refractivity contribution in [3.8, 4) is 0 Å². The molecule has 2 aliphatic rings. The summed E-state index contributed by atoms with van der Waals surface area (Å²) in [7, 11) is 1.95. The lowest BCUT2D eigenvalue weighted by molar-refractivity contribution is -0.0159. The molecule has 128 valence electrons. The van der Waals surface area contributed by atoms with Gasteiger partial charge in [-0.1, -0.05) is 0 Å². The van der Waals surface area contributed by atoms with E-state index in [-0.39, 0.29) is 6.04 Å². The van der Waals surface area contributed by atoms with Gasteiger partial charge in [0.05, 0.1) is 25.5 Å². The molecule has 0 bridgehead atoms. The van der Waals surface area contributed by atoms with E-state index < -0.39 is 0 Å². The fraction of sp³-hybridized carbons (Fsp3) is 0.588. The molecule has 0 N–H and O–H groups in total. The lowest BCUT2D eigenvalue weighted by atomic mass is 10.2. The average Bonchev–Trinajstić information content (AvgIpc) is 3.28. The van der Waals surface area contributed by atoms with Crippen LogP contribution in [0.15, 0.2) is 24.7 Å². The highest BCUT2D eigenvalue weighted by molar-refractivity contribution is 5.38. The number of nitrogens with zero attached hydrogens (tertiary/aromatic N) is 6. The summed E-state index contributed by atoms with van der Waals surface area (Å²) in [6.07, 6.45) is 8.37. The Bertz CT molecular complexity index is 681. The second-order valence-corrected chi connectivity index (χ2v) is 6.55. The van der Waals surface area contributed by atoms with Crippen LogP contribution in [0.4, 0.5) is 5.82 Å². The van der Waals surface area contributed by atoms with Gasteiger partial charge in [-0.2, -0.15) is 5.10 Å². The minimum absolute atomic E-state index is 0.0986. The van der Waals surface area contributed by atoms with Crippen LogP contribution in [-0.4, -0.2) is 57.5 Å². The highest BCUT2D eigenvalue weighted by Crippen LogP contribution is 2.25. The van der Waals surface area contributed by atoms with E-state index in [0.29, 0.717) is 6.61 Å². The van der Waals surface area contributed by atoms with Gasteiger partial charge in [-0.05, 0) is 18.9 Å². The number of anilines is 1. The molecule has 24 heavy (non-hydrogen) atoms. The first-order valence-corrected chi connectivity index (χ1v) is 8.67. The van der Waals surface area contributed by atoms with Crippen molar-refractivity contribution in [3.05, 3.63) is 36.0 Å². The second kappa shape index (κ2) is 6.86. The Kier molecular flexibility index (Phi) is 4.44. The normalized spacial score (nSPS) is 22.2. The van der Waals surface area contributed by atoms with E-state index in [1.807, 2.05) is 30.2 Å². The molecule has 7 nitrogen and oxygen atoms in total. The zero-order chi connectivity index (χ0) is 16.4. The summed E-state index contributed by atoms with van der Waals surface area (Å²) in [6, 6.07) is 2.12. The van der Waals surface area contributed by atoms with E-state index >= 15 is 0 Å². The van der Waals surface area contributed by atoms with Crippen LogP contribution in [0.5, 0.6) is 0 Å². The summed E-state index contributed by atoms with van der Waals surface area (Å²) in [6.45, 7) is 5.32. The van der Waals surface area contributed by atoms with E-state index in [1.165, 1.54) is 18.4 Å². The van der Waals surface area contributed by atoms with Crippen LogP contribution in [0.25, 0.3) is 0 Å². The van der Waals surface area contributed by atoms with E-state index in [0.717, 1.165) is 44.4 Å². The number of aryl methyl sites for hydroxylation is 1. The van der Waals surface area contributed by atoms with Gasteiger partial charge >= 0.3 is 0 Å². The van der Waals surface area contributed by atoms with Crippen molar-refractivity contribution in [3.63, 3.8) is 0 Å². The molecule has 2 aliphatic heterocycles. The summed E-state index contributed by atoms with van der Waals surface area (Å²) in [5.74, 6) is 1.91. The number of hydrogen-bond acceptors (Lipinski definition) is 6. The Labute approximate surface area is 142 Å². The van der Waals surface area contributed by atoms with Gasteiger partial charge in [-0.3, -0.25) is 9.58 Å². The van der Waals surface area contributed by atoms with Crippen LogP contribution in [0.3, 0.4) is 0 Å². The van der Waals surface area contributed by atoms with Crippen molar-refractivity contribution in [2.24, 2.45) is 7.05 Å².